The summed E-state index contributed by atoms with van der Waals surface area (Å²) in [5.41, 5.74) is 0. The second-order valence-electron chi connectivity index (χ2n) is 2.89. The van der Waals surface area contributed by atoms with E-state index in [2.05, 4.69) is 17.5 Å². The second kappa shape index (κ2) is 3.71. The Kier molecular flexibility index (Phi) is 2.41. The molecule has 2 aromatic rings. The van der Waals surface area contributed by atoms with Crippen molar-refractivity contribution >= 4 is 28.4 Å². The number of rotatable bonds is 3. The van der Waals surface area contributed by atoms with E-state index in [1.54, 1.807) is 11.3 Å². The molecule has 2 rings (SSSR count). The highest BCUT2D eigenvalue weighted by Crippen LogP contribution is 2.26. The van der Waals surface area contributed by atoms with Crippen molar-refractivity contribution in [1.82, 2.24) is 0 Å². The van der Waals surface area contributed by atoms with Crippen LogP contribution in [0.5, 0.6) is 0 Å². The zero-order chi connectivity index (χ0) is 9.10. The molecule has 1 nitrogen and oxygen atoms in total. The summed E-state index contributed by atoms with van der Waals surface area (Å²) < 4.78 is 0. The van der Waals surface area contributed by atoms with Crippen molar-refractivity contribution in [1.29, 1.82) is 0 Å². The molecule has 0 saturated heterocycles. The standard InChI is InChI=1S/C11H9OS/c12-7-3-6-11-10-5-2-1-4-9(10)8-13-11/h1-2,4-5,8H,3,6H2. The Balaban J connectivity index is 2.40. The van der Waals surface area contributed by atoms with Crippen molar-refractivity contribution in [2.75, 3.05) is 0 Å². The van der Waals surface area contributed by atoms with E-state index in [4.69, 9.17) is 0 Å². The normalized spacial score (nSPS) is 10.5. The third-order valence-corrected chi connectivity index (χ3v) is 3.12. The van der Waals surface area contributed by atoms with Crippen LogP contribution in [0.1, 0.15) is 11.3 Å². The lowest BCUT2D eigenvalue weighted by atomic mass is 10.1. The van der Waals surface area contributed by atoms with Gasteiger partial charge in [0.1, 0.15) is 0 Å². The molecular weight excluding hydrogens is 180 g/mol. The Morgan fingerprint density at radius 1 is 1.31 bits per heavy atom. The molecular formula is C11H9OS. The molecule has 0 fully saturated rings. The predicted octanol–water partition coefficient (Wildman–Crippen LogP) is 2.94. The maximum absolute atomic E-state index is 10.1. The van der Waals surface area contributed by atoms with Crippen LogP contribution in [-0.4, -0.2) is 6.29 Å². The highest BCUT2D eigenvalue weighted by molar-refractivity contribution is 7.11. The van der Waals surface area contributed by atoms with Crippen molar-refractivity contribution in [2.24, 2.45) is 0 Å². The fourth-order valence-corrected chi connectivity index (χ4v) is 2.42. The fourth-order valence-electron chi connectivity index (χ4n) is 1.41. The monoisotopic (exact) mass is 189 g/mol. The molecule has 0 spiro atoms. The number of fused-ring (bicyclic) bond motifs is 1. The summed E-state index contributed by atoms with van der Waals surface area (Å²) in [5.74, 6) is 0. The molecule has 1 aromatic heterocycles. The van der Waals surface area contributed by atoms with Gasteiger partial charge in [0.15, 0.2) is 6.29 Å². The van der Waals surface area contributed by atoms with Crippen molar-refractivity contribution in [3.63, 3.8) is 0 Å². The van der Waals surface area contributed by atoms with Gasteiger partial charge in [-0.2, -0.15) is 0 Å². The number of aryl methyl sites for hydroxylation is 1. The van der Waals surface area contributed by atoms with Crippen LogP contribution in [0, 0.1) is 0 Å². The van der Waals surface area contributed by atoms with Crippen molar-refractivity contribution in [3.05, 3.63) is 34.5 Å². The minimum atomic E-state index is 0.504. The molecule has 0 bridgehead atoms. The molecule has 0 amide bonds. The van der Waals surface area contributed by atoms with Gasteiger partial charge in [0.05, 0.1) is 0 Å². The first-order valence-electron chi connectivity index (χ1n) is 4.22. The van der Waals surface area contributed by atoms with Crippen molar-refractivity contribution < 1.29 is 4.79 Å². The number of hydrogen-bond acceptors (Lipinski definition) is 2. The SMILES string of the molecule is O=[C]CCc1scc2ccccc12. The second-order valence-corrected chi connectivity index (χ2v) is 3.85. The van der Waals surface area contributed by atoms with E-state index >= 15 is 0 Å². The van der Waals surface area contributed by atoms with Crippen LogP contribution in [0.3, 0.4) is 0 Å². The molecule has 0 saturated carbocycles. The molecule has 1 heterocycles. The van der Waals surface area contributed by atoms with E-state index < -0.39 is 0 Å². The summed E-state index contributed by atoms with van der Waals surface area (Å²) in [4.78, 5) is 11.4. The molecule has 2 heteroatoms. The molecule has 0 aliphatic carbocycles. The lowest BCUT2D eigenvalue weighted by Gasteiger charge is -1.93. The van der Waals surface area contributed by atoms with Gasteiger partial charge < -0.3 is 0 Å². The Bertz CT molecular complexity index is 417. The van der Waals surface area contributed by atoms with Crippen LogP contribution in [0.25, 0.3) is 10.8 Å². The third kappa shape index (κ3) is 1.63. The van der Waals surface area contributed by atoms with E-state index in [0.29, 0.717) is 6.42 Å². The van der Waals surface area contributed by atoms with E-state index in [0.717, 1.165) is 6.42 Å². The average molecular weight is 189 g/mol. The van der Waals surface area contributed by atoms with Gasteiger partial charge in [-0.15, -0.1) is 11.3 Å². The Labute approximate surface area is 81.0 Å². The molecule has 1 aromatic carbocycles. The highest BCUT2D eigenvalue weighted by Gasteiger charge is 2.02. The Morgan fingerprint density at radius 2 is 2.15 bits per heavy atom. The average Bonchev–Trinajstić information content (AvgIpc) is 2.58. The molecule has 0 atom stereocenters. The van der Waals surface area contributed by atoms with E-state index in [-0.39, 0.29) is 0 Å². The lowest BCUT2D eigenvalue weighted by molar-refractivity contribution is 0.551. The summed E-state index contributed by atoms with van der Waals surface area (Å²) in [7, 11) is 0. The molecule has 65 valence electrons. The zero-order valence-electron chi connectivity index (χ0n) is 7.12. The number of thiophene rings is 1. The van der Waals surface area contributed by atoms with Crippen LogP contribution >= 0.6 is 11.3 Å². The number of hydrogen-bond donors (Lipinski definition) is 0. The van der Waals surface area contributed by atoms with Gasteiger partial charge in [0.25, 0.3) is 0 Å². The van der Waals surface area contributed by atoms with Crippen molar-refractivity contribution in [3.8, 4) is 0 Å². The van der Waals surface area contributed by atoms with E-state index in [9.17, 15) is 4.79 Å². The lowest BCUT2D eigenvalue weighted by Crippen LogP contribution is -1.81. The first-order chi connectivity index (χ1) is 6.42. The minimum absolute atomic E-state index is 0.504. The largest absolute Gasteiger partial charge is 0.291 e. The van der Waals surface area contributed by atoms with Gasteiger partial charge in [-0.3, -0.25) is 4.79 Å². The maximum Gasteiger partial charge on any atom is 0.198 e. The van der Waals surface area contributed by atoms with Crippen LogP contribution < -0.4 is 0 Å². The predicted molar refractivity (Wildman–Crippen MR) is 55.8 cm³/mol. The number of benzene rings is 1. The Hall–Kier alpha value is -1.15. The summed E-state index contributed by atoms with van der Waals surface area (Å²) in [6.07, 6.45) is 3.25. The quantitative estimate of drug-likeness (QED) is 0.725. The topological polar surface area (TPSA) is 17.1 Å². The van der Waals surface area contributed by atoms with Crippen LogP contribution in [0.2, 0.25) is 0 Å². The smallest absolute Gasteiger partial charge is 0.198 e. The van der Waals surface area contributed by atoms with Gasteiger partial charge >= 0.3 is 0 Å². The van der Waals surface area contributed by atoms with Crippen LogP contribution in [0.4, 0.5) is 0 Å². The summed E-state index contributed by atoms with van der Waals surface area (Å²) in [5, 5.41) is 4.69. The Morgan fingerprint density at radius 3 is 3.00 bits per heavy atom. The minimum Gasteiger partial charge on any atom is -0.291 e. The molecule has 0 N–H and O–H groups in total. The van der Waals surface area contributed by atoms with Crippen molar-refractivity contribution in [2.45, 2.75) is 12.8 Å². The fraction of sp³-hybridized carbons (Fsp3) is 0.182. The highest BCUT2D eigenvalue weighted by atomic mass is 32.1. The van der Waals surface area contributed by atoms with E-state index in [1.807, 2.05) is 18.4 Å². The molecule has 0 unspecified atom stereocenters. The number of carbonyl (C=O) groups excluding carboxylic acids is 1. The molecule has 0 aliphatic rings. The molecule has 13 heavy (non-hydrogen) atoms. The van der Waals surface area contributed by atoms with Gasteiger partial charge in [0.2, 0.25) is 0 Å². The van der Waals surface area contributed by atoms with Gasteiger partial charge in [-0.1, -0.05) is 24.3 Å². The first kappa shape index (κ1) is 8.45. The summed E-state index contributed by atoms with van der Waals surface area (Å²) in [6, 6.07) is 8.26. The van der Waals surface area contributed by atoms with E-state index in [1.165, 1.54) is 15.6 Å². The third-order valence-electron chi connectivity index (χ3n) is 2.04. The summed E-state index contributed by atoms with van der Waals surface area (Å²) in [6.45, 7) is 0. The van der Waals surface area contributed by atoms with Gasteiger partial charge in [-0.05, 0) is 22.6 Å². The van der Waals surface area contributed by atoms with Gasteiger partial charge in [-0.25, -0.2) is 0 Å². The molecule has 1 radical (unpaired) electrons. The zero-order valence-corrected chi connectivity index (χ0v) is 7.93. The summed E-state index contributed by atoms with van der Waals surface area (Å²) >= 11 is 1.72. The maximum atomic E-state index is 10.1. The van der Waals surface area contributed by atoms with Gasteiger partial charge in [0, 0.05) is 11.3 Å². The van der Waals surface area contributed by atoms with Crippen LogP contribution in [0.15, 0.2) is 29.6 Å². The first-order valence-corrected chi connectivity index (χ1v) is 5.10. The van der Waals surface area contributed by atoms with Crippen LogP contribution in [-0.2, 0) is 11.2 Å². The molecule has 0 aliphatic heterocycles.